The molecule has 1 spiro atoms. The van der Waals surface area contributed by atoms with Crippen LogP contribution in [0.25, 0.3) is 0 Å². The molecule has 1 aromatic carbocycles. The fourth-order valence-corrected chi connectivity index (χ4v) is 4.94. The molecule has 0 N–H and O–H groups in total. The summed E-state index contributed by atoms with van der Waals surface area (Å²) in [6.45, 7) is 2.27. The fraction of sp³-hybridized carbons (Fsp3) is 0.619. The standard InChI is InChI=1S/C21H26N2O7/c1-14(30-20(25)28-13-15-5-7-16(8-6-15)23(26)27)18-17-9-12-29-21(22(17)19(18)24)10-3-2-4-11-21/h5-8,14,17-18H,2-4,9-13H2,1H3/t14-,17-,18+/m1/s1. The lowest BCUT2D eigenvalue weighted by Gasteiger charge is -2.61. The van der Waals surface area contributed by atoms with Crippen LogP contribution in [-0.4, -0.2) is 46.4 Å². The van der Waals surface area contributed by atoms with E-state index in [0.717, 1.165) is 32.1 Å². The first kappa shape index (κ1) is 20.6. The summed E-state index contributed by atoms with van der Waals surface area (Å²) in [5, 5.41) is 10.7. The van der Waals surface area contributed by atoms with Gasteiger partial charge in [0.25, 0.3) is 5.69 Å². The molecule has 0 bridgehead atoms. The number of hydrogen-bond donors (Lipinski definition) is 0. The van der Waals surface area contributed by atoms with Gasteiger partial charge >= 0.3 is 6.16 Å². The highest BCUT2D eigenvalue weighted by Crippen LogP contribution is 2.48. The monoisotopic (exact) mass is 418 g/mol. The average molecular weight is 418 g/mol. The van der Waals surface area contributed by atoms with E-state index in [9.17, 15) is 19.7 Å². The van der Waals surface area contributed by atoms with E-state index in [1.54, 1.807) is 6.92 Å². The second-order valence-corrected chi connectivity index (χ2v) is 8.23. The highest BCUT2D eigenvalue weighted by molar-refractivity contribution is 5.87. The molecular weight excluding hydrogens is 392 g/mol. The summed E-state index contributed by atoms with van der Waals surface area (Å²) in [4.78, 5) is 37.1. The van der Waals surface area contributed by atoms with Crippen LogP contribution in [0.5, 0.6) is 0 Å². The van der Waals surface area contributed by atoms with Gasteiger partial charge in [0.05, 0.1) is 23.5 Å². The Bertz CT molecular complexity index is 814. The van der Waals surface area contributed by atoms with Gasteiger partial charge in [0.15, 0.2) is 0 Å². The number of nitro groups is 1. The van der Waals surface area contributed by atoms with E-state index in [1.165, 1.54) is 30.7 Å². The molecule has 9 nitrogen and oxygen atoms in total. The van der Waals surface area contributed by atoms with Crippen LogP contribution in [0.1, 0.15) is 51.0 Å². The first-order chi connectivity index (χ1) is 14.4. The molecule has 3 fully saturated rings. The maximum absolute atomic E-state index is 12.9. The van der Waals surface area contributed by atoms with E-state index in [2.05, 4.69) is 0 Å². The minimum atomic E-state index is -0.855. The molecule has 4 rings (SSSR count). The summed E-state index contributed by atoms with van der Waals surface area (Å²) in [6, 6.07) is 5.77. The van der Waals surface area contributed by atoms with Gasteiger partial charge in [-0.3, -0.25) is 14.9 Å². The van der Waals surface area contributed by atoms with Crippen LogP contribution in [0.15, 0.2) is 24.3 Å². The van der Waals surface area contributed by atoms with Crippen molar-refractivity contribution >= 4 is 17.7 Å². The Balaban J connectivity index is 1.30. The van der Waals surface area contributed by atoms with E-state index >= 15 is 0 Å². The van der Waals surface area contributed by atoms with Crippen LogP contribution in [0.3, 0.4) is 0 Å². The molecule has 30 heavy (non-hydrogen) atoms. The van der Waals surface area contributed by atoms with Crippen LogP contribution >= 0.6 is 0 Å². The molecule has 2 heterocycles. The zero-order valence-corrected chi connectivity index (χ0v) is 17.0. The maximum Gasteiger partial charge on any atom is 0.508 e. The quantitative estimate of drug-likeness (QED) is 0.311. The number of carbonyl (C=O) groups excluding carboxylic acids is 2. The zero-order chi connectivity index (χ0) is 21.3. The Labute approximate surface area is 174 Å². The normalized spacial score (nSPS) is 25.8. The lowest BCUT2D eigenvalue weighted by molar-refractivity contribution is -0.384. The Morgan fingerprint density at radius 1 is 1.30 bits per heavy atom. The third-order valence-corrected chi connectivity index (χ3v) is 6.42. The minimum Gasteiger partial charge on any atom is -0.430 e. The Morgan fingerprint density at radius 3 is 2.67 bits per heavy atom. The predicted octanol–water partition coefficient (Wildman–Crippen LogP) is 3.54. The molecule has 0 aromatic heterocycles. The van der Waals surface area contributed by atoms with Crippen LogP contribution in [0.4, 0.5) is 10.5 Å². The smallest absolute Gasteiger partial charge is 0.430 e. The molecule has 1 saturated carbocycles. The molecule has 1 aliphatic carbocycles. The fourth-order valence-electron chi connectivity index (χ4n) is 4.94. The number of hydrogen-bond acceptors (Lipinski definition) is 7. The van der Waals surface area contributed by atoms with E-state index in [0.29, 0.717) is 12.2 Å². The number of nitrogens with zero attached hydrogens (tertiary/aromatic N) is 2. The summed E-state index contributed by atoms with van der Waals surface area (Å²) in [6.07, 6.45) is 4.31. The van der Waals surface area contributed by atoms with Crippen molar-refractivity contribution in [3.63, 3.8) is 0 Å². The van der Waals surface area contributed by atoms with E-state index in [4.69, 9.17) is 14.2 Å². The predicted molar refractivity (Wildman–Crippen MR) is 104 cm³/mol. The Morgan fingerprint density at radius 2 is 2.00 bits per heavy atom. The zero-order valence-electron chi connectivity index (χ0n) is 17.0. The lowest BCUT2D eigenvalue weighted by Crippen LogP contribution is -2.75. The summed E-state index contributed by atoms with van der Waals surface area (Å²) >= 11 is 0. The van der Waals surface area contributed by atoms with Gasteiger partial charge in [-0.15, -0.1) is 0 Å². The number of ether oxygens (including phenoxy) is 3. The Kier molecular flexibility index (Phi) is 5.64. The SMILES string of the molecule is C[C@@H](OC(=O)OCc1ccc([N+](=O)[O-])cc1)[C@@H]1C(=O)N2[C@@H]1CCOC21CCCCC1. The van der Waals surface area contributed by atoms with E-state index < -0.39 is 22.9 Å². The third-order valence-electron chi connectivity index (χ3n) is 6.42. The second kappa shape index (κ2) is 8.22. The first-order valence-electron chi connectivity index (χ1n) is 10.5. The van der Waals surface area contributed by atoms with Crippen LogP contribution < -0.4 is 0 Å². The molecule has 3 atom stereocenters. The van der Waals surface area contributed by atoms with Crippen molar-refractivity contribution < 1.29 is 28.7 Å². The largest absolute Gasteiger partial charge is 0.508 e. The van der Waals surface area contributed by atoms with Crippen LogP contribution in [0.2, 0.25) is 0 Å². The molecule has 0 radical (unpaired) electrons. The van der Waals surface area contributed by atoms with Crippen LogP contribution in [0, 0.1) is 16.0 Å². The summed E-state index contributed by atoms with van der Waals surface area (Å²) in [5.74, 6) is -0.392. The van der Waals surface area contributed by atoms with Gasteiger partial charge < -0.3 is 19.1 Å². The van der Waals surface area contributed by atoms with Gasteiger partial charge in [-0.25, -0.2) is 4.79 Å². The molecule has 0 unspecified atom stereocenters. The summed E-state index contributed by atoms with van der Waals surface area (Å²) in [7, 11) is 0. The van der Waals surface area contributed by atoms with Crippen molar-refractivity contribution in [3.8, 4) is 0 Å². The van der Waals surface area contributed by atoms with E-state index in [1.807, 2.05) is 4.90 Å². The molecule has 9 heteroatoms. The molecule has 162 valence electrons. The van der Waals surface area contributed by atoms with Crippen LogP contribution in [-0.2, 0) is 25.6 Å². The van der Waals surface area contributed by atoms with Gasteiger partial charge in [-0.1, -0.05) is 6.42 Å². The average Bonchev–Trinajstić information content (AvgIpc) is 2.72. The van der Waals surface area contributed by atoms with Gasteiger partial charge in [-0.05, 0) is 56.7 Å². The van der Waals surface area contributed by atoms with E-state index in [-0.39, 0.29) is 30.2 Å². The van der Waals surface area contributed by atoms with Crippen molar-refractivity contribution in [2.75, 3.05) is 6.61 Å². The molecule has 2 aliphatic heterocycles. The highest BCUT2D eigenvalue weighted by Gasteiger charge is 2.61. The number of rotatable bonds is 5. The second-order valence-electron chi connectivity index (χ2n) is 8.23. The number of fused-ring (bicyclic) bond motifs is 2. The number of amides is 1. The van der Waals surface area contributed by atoms with Crippen molar-refractivity contribution in [1.82, 2.24) is 4.90 Å². The highest BCUT2D eigenvalue weighted by atomic mass is 16.7. The van der Waals surface area contributed by atoms with Gasteiger partial charge in [0.2, 0.25) is 5.91 Å². The van der Waals surface area contributed by atoms with Crippen molar-refractivity contribution in [2.45, 2.75) is 69.9 Å². The number of carbonyl (C=O) groups is 2. The van der Waals surface area contributed by atoms with Crippen molar-refractivity contribution in [2.24, 2.45) is 5.92 Å². The third kappa shape index (κ3) is 3.74. The topological polar surface area (TPSA) is 108 Å². The number of benzene rings is 1. The van der Waals surface area contributed by atoms with Gasteiger partial charge in [0.1, 0.15) is 18.4 Å². The summed E-state index contributed by atoms with van der Waals surface area (Å²) < 4.78 is 16.6. The van der Waals surface area contributed by atoms with Gasteiger partial charge in [0, 0.05) is 12.1 Å². The number of nitro benzene ring substituents is 1. The van der Waals surface area contributed by atoms with Gasteiger partial charge in [-0.2, -0.15) is 0 Å². The van der Waals surface area contributed by atoms with Crippen molar-refractivity contribution in [1.29, 1.82) is 0 Å². The molecule has 1 aromatic rings. The number of β-lactam (4-membered cyclic amide) rings is 1. The number of non-ortho nitro benzene ring substituents is 1. The molecule has 1 amide bonds. The minimum absolute atomic E-state index is 0.0164. The molecule has 2 saturated heterocycles. The maximum atomic E-state index is 12.9. The Hall–Kier alpha value is -2.68. The molecular formula is C21H26N2O7. The lowest BCUT2D eigenvalue weighted by atomic mass is 9.75. The summed E-state index contributed by atoms with van der Waals surface area (Å²) in [5.41, 5.74) is 0.111. The van der Waals surface area contributed by atoms with Crippen molar-refractivity contribution in [3.05, 3.63) is 39.9 Å². The first-order valence-corrected chi connectivity index (χ1v) is 10.5. The molecule has 3 aliphatic rings.